The summed E-state index contributed by atoms with van der Waals surface area (Å²) in [5.74, 6) is 0.744. The van der Waals surface area contributed by atoms with Gasteiger partial charge in [0.15, 0.2) is 5.11 Å². The minimum absolute atomic E-state index is 0.179. The number of benzene rings is 3. The van der Waals surface area contributed by atoms with Crippen molar-refractivity contribution in [3.63, 3.8) is 0 Å². The zero-order valence-electron chi connectivity index (χ0n) is 16.0. The summed E-state index contributed by atoms with van der Waals surface area (Å²) in [5.41, 5.74) is 2.49. The molecule has 0 bridgehead atoms. The third-order valence-corrected chi connectivity index (χ3v) is 5.84. The van der Waals surface area contributed by atoms with Gasteiger partial charge in [0.2, 0.25) is 0 Å². The minimum atomic E-state index is -3.74. The number of nitrogens with one attached hydrogen (secondary N) is 3. The van der Waals surface area contributed by atoms with Crippen molar-refractivity contribution < 1.29 is 13.2 Å². The van der Waals surface area contributed by atoms with E-state index in [2.05, 4.69) is 15.4 Å². The summed E-state index contributed by atoms with van der Waals surface area (Å²) in [5, 5.41) is 6.42. The fourth-order valence-corrected chi connectivity index (χ4v) is 4.22. The lowest BCUT2D eigenvalue weighted by atomic mass is 10.2. The topological polar surface area (TPSA) is 79.5 Å². The highest BCUT2D eigenvalue weighted by atomic mass is 32.2. The lowest BCUT2D eigenvalue weighted by molar-refractivity contribution is 0.415. The fourth-order valence-electron chi connectivity index (χ4n) is 2.65. The molecule has 3 aromatic rings. The molecular weight excluding hydrogens is 406 g/mol. The van der Waals surface area contributed by atoms with Crippen LogP contribution in [-0.4, -0.2) is 20.6 Å². The molecule has 0 radical (unpaired) electrons. The van der Waals surface area contributed by atoms with Gasteiger partial charge >= 0.3 is 0 Å². The van der Waals surface area contributed by atoms with Crippen LogP contribution in [0, 0.1) is 6.92 Å². The molecule has 0 spiro atoms. The van der Waals surface area contributed by atoms with Crippen molar-refractivity contribution in [2.45, 2.75) is 11.8 Å². The highest BCUT2D eigenvalue weighted by Crippen LogP contribution is 2.23. The van der Waals surface area contributed by atoms with Crippen LogP contribution in [-0.2, 0) is 10.0 Å². The summed E-state index contributed by atoms with van der Waals surface area (Å²) in [6, 6.07) is 21.1. The van der Waals surface area contributed by atoms with Crippen LogP contribution in [0.4, 0.5) is 17.1 Å². The molecule has 0 saturated carbocycles. The zero-order valence-corrected chi connectivity index (χ0v) is 17.6. The molecule has 8 heteroatoms. The molecule has 0 aliphatic heterocycles. The molecule has 0 atom stereocenters. The smallest absolute Gasteiger partial charge is 0.262 e. The van der Waals surface area contributed by atoms with Crippen LogP contribution >= 0.6 is 12.2 Å². The first-order chi connectivity index (χ1) is 13.9. The second kappa shape index (κ2) is 8.93. The van der Waals surface area contributed by atoms with Crippen LogP contribution < -0.4 is 20.1 Å². The van der Waals surface area contributed by atoms with E-state index in [-0.39, 0.29) is 4.90 Å². The van der Waals surface area contributed by atoms with E-state index in [9.17, 15) is 8.42 Å². The predicted octanol–water partition coefficient (Wildman–Crippen LogP) is 4.61. The Morgan fingerprint density at radius 3 is 2.14 bits per heavy atom. The summed E-state index contributed by atoms with van der Waals surface area (Å²) in [6.45, 7) is 1.75. The Kier molecular flexibility index (Phi) is 6.36. The van der Waals surface area contributed by atoms with Gasteiger partial charge in [-0.3, -0.25) is 4.72 Å². The van der Waals surface area contributed by atoms with Crippen molar-refractivity contribution in [1.29, 1.82) is 0 Å². The molecule has 3 rings (SSSR count). The van der Waals surface area contributed by atoms with Crippen LogP contribution in [0.25, 0.3) is 0 Å². The highest BCUT2D eigenvalue weighted by molar-refractivity contribution is 7.92. The quantitative estimate of drug-likeness (QED) is 0.499. The van der Waals surface area contributed by atoms with Crippen molar-refractivity contribution >= 4 is 44.4 Å². The molecule has 150 valence electrons. The molecule has 3 N–H and O–H groups in total. The average molecular weight is 428 g/mol. The van der Waals surface area contributed by atoms with E-state index in [0.29, 0.717) is 22.1 Å². The molecule has 0 saturated heterocycles. The van der Waals surface area contributed by atoms with Gasteiger partial charge in [0, 0.05) is 17.1 Å². The normalized spacial score (nSPS) is 10.8. The Morgan fingerprint density at radius 1 is 0.862 bits per heavy atom. The predicted molar refractivity (Wildman–Crippen MR) is 121 cm³/mol. The molecule has 0 heterocycles. The number of methoxy groups -OCH3 is 1. The summed E-state index contributed by atoms with van der Waals surface area (Å²) in [6.07, 6.45) is 0. The van der Waals surface area contributed by atoms with E-state index < -0.39 is 10.0 Å². The maximum Gasteiger partial charge on any atom is 0.262 e. The molecule has 0 aliphatic carbocycles. The van der Waals surface area contributed by atoms with Crippen LogP contribution in [0.3, 0.4) is 0 Å². The lowest BCUT2D eigenvalue weighted by Gasteiger charge is -2.14. The van der Waals surface area contributed by atoms with Gasteiger partial charge in [0.25, 0.3) is 10.0 Å². The molecule has 0 aromatic heterocycles. The third-order valence-electron chi connectivity index (χ3n) is 4.11. The Balaban J connectivity index is 1.74. The summed E-state index contributed by atoms with van der Waals surface area (Å²) in [7, 11) is -2.13. The van der Waals surface area contributed by atoms with Gasteiger partial charge in [-0.1, -0.05) is 24.3 Å². The van der Waals surface area contributed by atoms with Crippen molar-refractivity contribution in [3.05, 3.63) is 78.4 Å². The minimum Gasteiger partial charge on any atom is -0.497 e. The Hall–Kier alpha value is -3.10. The van der Waals surface area contributed by atoms with E-state index in [4.69, 9.17) is 17.0 Å². The van der Waals surface area contributed by atoms with Gasteiger partial charge in [0.1, 0.15) is 5.75 Å². The molecule has 0 fully saturated rings. The van der Waals surface area contributed by atoms with Gasteiger partial charge in [-0.15, -0.1) is 0 Å². The number of sulfonamides is 1. The van der Waals surface area contributed by atoms with Gasteiger partial charge in [-0.25, -0.2) is 8.42 Å². The number of hydrogen-bond donors (Lipinski definition) is 3. The van der Waals surface area contributed by atoms with Crippen LogP contribution in [0.2, 0.25) is 0 Å². The lowest BCUT2D eigenvalue weighted by Crippen LogP contribution is -2.20. The van der Waals surface area contributed by atoms with Gasteiger partial charge < -0.3 is 15.4 Å². The van der Waals surface area contributed by atoms with E-state index in [1.165, 1.54) is 0 Å². The van der Waals surface area contributed by atoms with Crippen LogP contribution in [0.5, 0.6) is 5.75 Å². The first-order valence-corrected chi connectivity index (χ1v) is 10.7. The van der Waals surface area contributed by atoms with Crippen molar-refractivity contribution in [2.75, 3.05) is 22.5 Å². The molecule has 0 unspecified atom stereocenters. The number of ether oxygens (including phenoxy) is 1. The Morgan fingerprint density at radius 2 is 1.48 bits per heavy atom. The Labute approximate surface area is 176 Å². The third kappa shape index (κ3) is 5.46. The van der Waals surface area contributed by atoms with Crippen LogP contribution in [0.1, 0.15) is 5.56 Å². The number of hydrogen-bond acceptors (Lipinski definition) is 4. The van der Waals surface area contributed by atoms with Crippen molar-refractivity contribution in [3.8, 4) is 5.75 Å². The molecular formula is C21H21N3O3S2. The largest absolute Gasteiger partial charge is 0.497 e. The summed E-state index contributed by atoms with van der Waals surface area (Å²) < 4.78 is 33.3. The molecule has 3 aromatic carbocycles. The second-order valence-electron chi connectivity index (χ2n) is 6.26. The van der Waals surface area contributed by atoms with E-state index >= 15 is 0 Å². The standard InChI is InChI=1S/C21H21N3O3S2/c1-15-8-9-18(23-21(28)22-16-10-12-19(27-2)13-11-16)14-20(15)29(25,26)24-17-6-4-3-5-7-17/h3-14,24H,1-2H3,(H2,22,23,28). The summed E-state index contributed by atoms with van der Waals surface area (Å²) >= 11 is 5.34. The first kappa shape index (κ1) is 20.6. The highest BCUT2D eigenvalue weighted by Gasteiger charge is 2.18. The SMILES string of the molecule is COc1ccc(NC(=S)Nc2ccc(C)c(S(=O)(=O)Nc3ccccc3)c2)cc1. The monoisotopic (exact) mass is 427 g/mol. The van der Waals surface area contributed by atoms with Gasteiger partial charge in [-0.2, -0.15) is 0 Å². The second-order valence-corrected chi connectivity index (χ2v) is 8.32. The van der Waals surface area contributed by atoms with Crippen LogP contribution in [0.15, 0.2) is 77.7 Å². The number of rotatable bonds is 6. The maximum absolute atomic E-state index is 12.8. The number of aryl methyl sites for hydroxylation is 1. The number of thiocarbonyl (C=S) groups is 1. The van der Waals surface area contributed by atoms with E-state index in [1.807, 2.05) is 30.3 Å². The van der Waals surface area contributed by atoms with Gasteiger partial charge in [0.05, 0.1) is 12.0 Å². The molecule has 0 aliphatic rings. The maximum atomic E-state index is 12.8. The van der Waals surface area contributed by atoms with Crippen molar-refractivity contribution in [1.82, 2.24) is 0 Å². The van der Waals surface area contributed by atoms with Gasteiger partial charge in [-0.05, 0) is 73.2 Å². The van der Waals surface area contributed by atoms with E-state index in [1.54, 1.807) is 56.5 Å². The molecule has 29 heavy (non-hydrogen) atoms. The average Bonchev–Trinajstić information content (AvgIpc) is 2.70. The number of para-hydroxylation sites is 1. The first-order valence-electron chi connectivity index (χ1n) is 8.78. The molecule has 0 amide bonds. The zero-order chi connectivity index (χ0) is 20.9. The molecule has 6 nitrogen and oxygen atoms in total. The Bertz CT molecular complexity index is 1100. The van der Waals surface area contributed by atoms with E-state index in [0.717, 1.165) is 11.4 Å². The fraction of sp³-hybridized carbons (Fsp3) is 0.0952. The summed E-state index contributed by atoms with van der Waals surface area (Å²) in [4.78, 5) is 0.179. The number of anilines is 3. The van der Waals surface area contributed by atoms with Crippen molar-refractivity contribution in [2.24, 2.45) is 0 Å².